The van der Waals surface area contributed by atoms with Crippen LogP contribution in [0.15, 0.2) is 24.3 Å². The molecule has 0 spiro atoms. The Morgan fingerprint density at radius 3 is 2.76 bits per heavy atom. The molecular formula is C16H22N2O3. The van der Waals surface area contributed by atoms with Crippen molar-refractivity contribution >= 4 is 11.9 Å². The average molecular weight is 290 g/mol. The Labute approximate surface area is 125 Å². The fourth-order valence-electron chi connectivity index (χ4n) is 2.67. The Balaban J connectivity index is 1.93. The Kier molecular flexibility index (Phi) is 5.33. The second kappa shape index (κ2) is 7.22. The van der Waals surface area contributed by atoms with Crippen LogP contribution in [0.4, 0.5) is 0 Å². The summed E-state index contributed by atoms with van der Waals surface area (Å²) in [6.45, 7) is 1.42. The first-order valence-electron chi connectivity index (χ1n) is 7.39. The molecule has 0 radical (unpaired) electrons. The zero-order chi connectivity index (χ0) is 15.2. The number of carboxylic acid groups (broad SMARTS) is 1. The summed E-state index contributed by atoms with van der Waals surface area (Å²) < 4.78 is 0. The zero-order valence-electron chi connectivity index (χ0n) is 12.3. The first kappa shape index (κ1) is 15.5. The van der Waals surface area contributed by atoms with E-state index in [9.17, 15) is 9.59 Å². The largest absolute Gasteiger partial charge is 0.478 e. The van der Waals surface area contributed by atoms with Crippen molar-refractivity contribution in [3.05, 3.63) is 35.4 Å². The van der Waals surface area contributed by atoms with Gasteiger partial charge in [0.1, 0.15) is 0 Å². The normalized spacial score (nSPS) is 18.2. The van der Waals surface area contributed by atoms with Crippen molar-refractivity contribution in [1.29, 1.82) is 0 Å². The molecule has 5 heteroatoms. The van der Waals surface area contributed by atoms with Gasteiger partial charge in [-0.1, -0.05) is 24.6 Å². The van der Waals surface area contributed by atoms with Crippen LogP contribution in [-0.2, 0) is 11.2 Å². The van der Waals surface area contributed by atoms with Crippen LogP contribution < -0.4 is 5.32 Å². The first-order valence-corrected chi connectivity index (χ1v) is 7.39. The number of aromatic carboxylic acids is 1. The van der Waals surface area contributed by atoms with Crippen molar-refractivity contribution in [2.75, 3.05) is 20.1 Å². The minimum atomic E-state index is -0.923. The zero-order valence-corrected chi connectivity index (χ0v) is 12.3. The number of nitrogens with zero attached hydrogens (tertiary/aromatic N) is 1. The molecule has 1 atom stereocenters. The van der Waals surface area contributed by atoms with Gasteiger partial charge in [0.05, 0.1) is 11.6 Å². The van der Waals surface area contributed by atoms with Crippen LogP contribution in [0.5, 0.6) is 0 Å². The molecule has 2 rings (SSSR count). The smallest absolute Gasteiger partial charge is 0.335 e. The Morgan fingerprint density at radius 1 is 1.33 bits per heavy atom. The van der Waals surface area contributed by atoms with Gasteiger partial charge in [0.15, 0.2) is 0 Å². The molecular weight excluding hydrogens is 268 g/mol. The number of carboxylic acids is 1. The Morgan fingerprint density at radius 2 is 2.10 bits per heavy atom. The van der Waals surface area contributed by atoms with Crippen molar-refractivity contribution in [3.63, 3.8) is 0 Å². The number of nitrogens with one attached hydrogen (secondary N) is 1. The van der Waals surface area contributed by atoms with Crippen LogP contribution in [0.1, 0.15) is 35.2 Å². The van der Waals surface area contributed by atoms with Crippen LogP contribution in [0.2, 0.25) is 0 Å². The third kappa shape index (κ3) is 4.04. The molecule has 1 aliphatic heterocycles. The SMILES string of the molecule is CN(CCc1ccccc1C(=O)O)C(=O)[C@@H]1CCCCN1. The first-order chi connectivity index (χ1) is 10.1. The van der Waals surface area contributed by atoms with Gasteiger partial charge in [0.2, 0.25) is 5.91 Å². The molecule has 1 fully saturated rings. The molecule has 0 unspecified atom stereocenters. The van der Waals surface area contributed by atoms with Crippen molar-refractivity contribution in [2.45, 2.75) is 31.7 Å². The predicted molar refractivity (Wildman–Crippen MR) is 80.4 cm³/mol. The molecule has 114 valence electrons. The fraction of sp³-hybridized carbons (Fsp3) is 0.500. The van der Waals surface area contributed by atoms with Gasteiger partial charge in [-0.2, -0.15) is 0 Å². The number of likely N-dealkylation sites (N-methyl/N-ethyl adjacent to an activating group) is 1. The van der Waals surface area contributed by atoms with Gasteiger partial charge in [-0.15, -0.1) is 0 Å². The van der Waals surface area contributed by atoms with Crippen LogP contribution in [0.3, 0.4) is 0 Å². The highest BCUT2D eigenvalue weighted by atomic mass is 16.4. The number of carbonyl (C=O) groups is 2. The molecule has 5 nitrogen and oxygen atoms in total. The lowest BCUT2D eigenvalue weighted by atomic mass is 10.0. The highest BCUT2D eigenvalue weighted by molar-refractivity contribution is 5.89. The van der Waals surface area contributed by atoms with Gasteiger partial charge in [-0.3, -0.25) is 4.79 Å². The topological polar surface area (TPSA) is 69.6 Å². The molecule has 0 aromatic heterocycles. The summed E-state index contributed by atoms with van der Waals surface area (Å²) in [6.07, 6.45) is 3.64. The van der Waals surface area contributed by atoms with E-state index in [1.54, 1.807) is 30.1 Å². The van der Waals surface area contributed by atoms with Crippen molar-refractivity contribution < 1.29 is 14.7 Å². The fourth-order valence-corrected chi connectivity index (χ4v) is 2.67. The van der Waals surface area contributed by atoms with Crippen molar-refractivity contribution in [2.24, 2.45) is 0 Å². The average Bonchev–Trinajstić information content (AvgIpc) is 2.52. The standard InChI is InChI=1S/C16H22N2O3/c1-18(15(19)14-8-4-5-10-17-14)11-9-12-6-2-3-7-13(12)16(20)21/h2-3,6-7,14,17H,4-5,8-11H2,1H3,(H,20,21)/t14-/m0/s1. The number of piperidine rings is 1. The molecule has 1 saturated heterocycles. The van der Waals surface area contributed by atoms with E-state index in [1.165, 1.54) is 0 Å². The summed E-state index contributed by atoms with van der Waals surface area (Å²) >= 11 is 0. The van der Waals surface area contributed by atoms with E-state index in [1.807, 2.05) is 6.07 Å². The number of hydrogen-bond donors (Lipinski definition) is 2. The lowest BCUT2D eigenvalue weighted by Gasteiger charge is -2.27. The summed E-state index contributed by atoms with van der Waals surface area (Å²) in [5.41, 5.74) is 1.08. The molecule has 1 amide bonds. The maximum Gasteiger partial charge on any atom is 0.335 e. The minimum Gasteiger partial charge on any atom is -0.478 e. The van der Waals surface area contributed by atoms with Gasteiger partial charge in [-0.05, 0) is 37.4 Å². The molecule has 0 saturated carbocycles. The quantitative estimate of drug-likeness (QED) is 0.863. The molecule has 21 heavy (non-hydrogen) atoms. The highest BCUT2D eigenvalue weighted by Gasteiger charge is 2.23. The van der Waals surface area contributed by atoms with Crippen LogP contribution in [0.25, 0.3) is 0 Å². The Hall–Kier alpha value is -1.88. The van der Waals surface area contributed by atoms with Gasteiger partial charge in [-0.25, -0.2) is 4.79 Å². The lowest BCUT2D eigenvalue weighted by Crippen LogP contribution is -2.47. The van der Waals surface area contributed by atoms with E-state index < -0.39 is 5.97 Å². The predicted octanol–water partition coefficient (Wildman–Crippen LogP) is 1.53. The summed E-state index contributed by atoms with van der Waals surface area (Å²) in [6, 6.07) is 6.86. The van der Waals surface area contributed by atoms with E-state index in [2.05, 4.69) is 5.32 Å². The third-order valence-corrected chi connectivity index (χ3v) is 3.95. The number of benzene rings is 1. The number of rotatable bonds is 5. The van der Waals surface area contributed by atoms with E-state index in [0.29, 0.717) is 18.5 Å². The monoisotopic (exact) mass is 290 g/mol. The number of carbonyl (C=O) groups excluding carboxylic acids is 1. The summed E-state index contributed by atoms with van der Waals surface area (Å²) in [4.78, 5) is 25.1. The minimum absolute atomic E-state index is 0.0848. The van der Waals surface area contributed by atoms with Crippen LogP contribution in [0, 0.1) is 0 Å². The number of hydrogen-bond acceptors (Lipinski definition) is 3. The van der Waals surface area contributed by atoms with Gasteiger partial charge in [0.25, 0.3) is 0 Å². The lowest BCUT2D eigenvalue weighted by molar-refractivity contribution is -0.132. The molecule has 1 aromatic rings. The molecule has 1 aliphatic rings. The summed E-state index contributed by atoms with van der Waals surface area (Å²) in [5, 5.41) is 12.4. The van der Waals surface area contributed by atoms with Crippen LogP contribution >= 0.6 is 0 Å². The third-order valence-electron chi connectivity index (χ3n) is 3.95. The van der Waals surface area contributed by atoms with Crippen molar-refractivity contribution in [3.8, 4) is 0 Å². The maximum atomic E-state index is 12.3. The van der Waals surface area contributed by atoms with E-state index in [0.717, 1.165) is 31.4 Å². The molecule has 1 aromatic carbocycles. The molecule has 0 bridgehead atoms. The summed E-state index contributed by atoms with van der Waals surface area (Å²) in [7, 11) is 1.78. The van der Waals surface area contributed by atoms with Gasteiger partial charge < -0.3 is 15.3 Å². The van der Waals surface area contributed by atoms with E-state index in [-0.39, 0.29) is 11.9 Å². The highest BCUT2D eigenvalue weighted by Crippen LogP contribution is 2.12. The Bertz CT molecular complexity index is 510. The molecule has 1 heterocycles. The van der Waals surface area contributed by atoms with E-state index in [4.69, 9.17) is 5.11 Å². The maximum absolute atomic E-state index is 12.3. The van der Waals surface area contributed by atoms with E-state index >= 15 is 0 Å². The van der Waals surface area contributed by atoms with Gasteiger partial charge >= 0.3 is 5.97 Å². The molecule has 0 aliphatic carbocycles. The van der Waals surface area contributed by atoms with Gasteiger partial charge in [0, 0.05) is 13.6 Å². The summed E-state index contributed by atoms with van der Waals surface area (Å²) in [5.74, 6) is -0.823. The second-order valence-electron chi connectivity index (χ2n) is 5.47. The second-order valence-corrected chi connectivity index (χ2v) is 5.47. The number of amides is 1. The van der Waals surface area contributed by atoms with Crippen molar-refractivity contribution in [1.82, 2.24) is 10.2 Å². The van der Waals surface area contributed by atoms with Crippen LogP contribution in [-0.4, -0.2) is 48.1 Å². The molecule has 2 N–H and O–H groups in total.